The van der Waals surface area contributed by atoms with Gasteiger partial charge < -0.3 is 0 Å². The van der Waals surface area contributed by atoms with E-state index in [1.807, 2.05) is 0 Å². The molecular formula is C44H84O7P2S. The molecule has 0 aliphatic heterocycles. The zero-order valence-corrected chi connectivity index (χ0v) is 39.6. The molecule has 0 spiro atoms. The molecule has 0 bridgehead atoms. The van der Waals surface area contributed by atoms with Crippen molar-refractivity contribution in [2.75, 3.05) is 37.0 Å². The minimum absolute atomic E-state index is 0.0216. The van der Waals surface area contributed by atoms with E-state index >= 15 is 0 Å². The molecule has 0 unspecified atom stereocenters. The fourth-order valence-corrected chi connectivity index (χ4v) is 25.0. The van der Waals surface area contributed by atoms with Gasteiger partial charge in [0.25, 0.3) is 0 Å². The van der Waals surface area contributed by atoms with Gasteiger partial charge in [0.2, 0.25) is 0 Å². The predicted octanol–water partition coefficient (Wildman–Crippen LogP) is 14.1. The second-order valence-corrected chi connectivity index (χ2v) is 31.2. The van der Waals surface area contributed by atoms with Crippen LogP contribution in [0.5, 0.6) is 0 Å². The van der Waals surface area contributed by atoms with E-state index in [9.17, 15) is 22.6 Å². The van der Waals surface area contributed by atoms with Crippen LogP contribution in [0.1, 0.15) is 207 Å². The van der Waals surface area contributed by atoms with Crippen molar-refractivity contribution < 1.29 is 31.6 Å². The van der Waals surface area contributed by atoms with Gasteiger partial charge in [-0.3, -0.25) is 0 Å². The van der Waals surface area contributed by atoms with Crippen molar-refractivity contribution in [2.45, 2.75) is 201 Å². The Labute approximate surface area is 333 Å². The molecule has 7 nitrogen and oxygen atoms in total. The normalized spacial score (nSPS) is 14.5. The summed E-state index contributed by atoms with van der Waals surface area (Å²) in [6.45, 7) is 19.9. The summed E-state index contributed by atoms with van der Waals surface area (Å²) in [5.41, 5.74) is -0.0432. The van der Waals surface area contributed by atoms with E-state index in [2.05, 4.69) is 83.1 Å². The molecule has 0 aliphatic rings. The monoisotopic (exact) mass is 819 g/mol. The summed E-state index contributed by atoms with van der Waals surface area (Å²) < 4.78 is 50.6. The molecule has 0 aromatic heterocycles. The zero-order valence-electron chi connectivity index (χ0n) is 37.0. The van der Waals surface area contributed by atoms with Crippen molar-refractivity contribution in [1.82, 2.24) is 0 Å². The maximum atomic E-state index is 14.9. The van der Waals surface area contributed by atoms with Crippen LogP contribution in [0.15, 0.2) is 23.1 Å². The number of carbonyl (C=O) groups is 2. The average molecular weight is 819 g/mol. The van der Waals surface area contributed by atoms with Crippen molar-refractivity contribution >= 4 is 35.7 Å². The summed E-state index contributed by atoms with van der Waals surface area (Å²) in [6, 6.07) is 3.87. The molecule has 0 fully saturated rings. The molecule has 54 heavy (non-hydrogen) atoms. The van der Waals surface area contributed by atoms with Gasteiger partial charge in [-0.2, -0.15) is 0 Å². The summed E-state index contributed by atoms with van der Waals surface area (Å²) in [5, 5.41) is -0.532. The summed E-state index contributed by atoms with van der Waals surface area (Å²) in [5.74, 6) is -1.21. The number of hydrogen-bond donors (Lipinski definition) is 1. The van der Waals surface area contributed by atoms with E-state index in [0.29, 0.717) is 0 Å². The topological polar surface area (TPSA) is 107 Å². The Kier molecular flexibility index (Phi) is 20.4. The first kappa shape index (κ1) is 50.9. The van der Waals surface area contributed by atoms with E-state index in [4.69, 9.17) is 9.05 Å². The van der Waals surface area contributed by atoms with Gasteiger partial charge in [0.15, 0.2) is 0 Å². The number of rotatable bonds is 29. The molecule has 0 atom stereocenters. The van der Waals surface area contributed by atoms with Crippen LogP contribution < -0.4 is 0 Å². The quantitative estimate of drug-likeness (QED) is 0.0633. The fraction of sp³-hybridized carbons (Fsp3) is 0.818. The van der Waals surface area contributed by atoms with E-state index in [-0.39, 0.29) is 21.4 Å². The van der Waals surface area contributed by atoms with Gasteiger partial charge in [-0.15, -0.1) is 0 Å². The first-order chi connectivity index (χ1) is 25.2. The van der Waals surface area contributed by atoms with Crippen LogP contribution in [0, 0.1) is 0 Å². The van der Waals surface area contributed by atoms with Crippen molar-refractivity contribution in [2.24, 2.45) is 0 Å². The van der Waals surface area contributed by atoms with Crippen molar-refractivity contribution in [1.29, 1.82) is 0 Å². The number of unbranched alkanes of at least 4 members (excludes halogenated alkanes) is 6. The van der Waals surface area contributed by atoms with E-state index in [1.54, 1.807) is 0 Å². The van der Waals surface area contributed by atoms with Gasteiger partial charge in [-0.1, -0.05) is 0 Å². The molecule has 0 radical (unpaired) electrons. The minimum atomic E-state index is -4.79. The van der Waals surface area contributed by atoms with E-state index in [0.717, 1.165) is 140 Å². The van der Waals surface area contributed by atoms with Gasteiger partial charge in [0.1, 0.15) is 0 Å². The third-order valence-corrected chi connectivity index (χ3v) is 30.1. The van der Waals surface area contributed by atoms with Crippen LogP contribution in [0.2, 0.25) is 0 Å². The molecule has 0 saturated carbocycles. The molecule has 10 heteroatoms. The molecule has 1 N–H and O–H groups in total. The maximum absolute atomic E-state index is 14.9. The van der Waals surface area contributed by atoms with Crippen molar-refractivity contribution in [3.63, 3.8) is 0 Å². The first-order valence-electron chi connectivity index (χ1n) is 21.8. The fourth-order valence-electron chi connectivity index (χ4n) is 9.47. The van der Waals surface area contributed by atoms with Crippen LogP contribution in [0.4, 0.5) is 0 Å². The number of carbonyl (C=O) groups excluding carboxylic acids is 2. The van der Waals surface area contributed by atoms with Crippen molar-refractivity contribution in [3.05, 3.63) is 29.3 Å². The average Bonchev–Trinajstić information content (AvgIpc) is 3.12. The van der Waals surface area contributed by atoms with Gasteiger partial charge in [0.05, 0.1) is 0 Å². The van der Waals surface area contributed by atoms with E-state index < -0.39 is 40.6 Å². The molecule has 318 valence electrons. The summed E-state index contributed by atoms with van der Waals surface area (Å²) >= 11 is 0. The summed E-state index contributed by atoms with van der Waals surface area (Å²) in [7, 11) is -4.79. The third-order valence-electron chi connectivity index (χ3n) is 13.3. The Balaban J connectivity index is 4.25. The second-order valence-electron chi connectivity index (χ2n) is 17.8. The number of hydrogen-bond acceptors (Lipinski definition) is 6. The molecule has 0 heterocycles. The summed E-state index contributed by atoms with van der Waals surface area (Å²) in [6.07, 6.45) is 20.1. The zero-order chi connectivity index (χ0) is 41.4. The predicted molar refractivity (Wildman–Crippen MR) is 238 cm³/mol. The summed E-state index contributed by atoms with van der Waals surface area (Å²) in [4.78, 5) is 29.2. The second kappa shape index (κ2) is 21.6. The molecule has 1 aromatic carbocycles. The Morgan fingerprint density at radius 1 is 0.519 bits per heavy atom. The molecular weight excluding hydrogens is 734 g/mol. The van der Waals surface area contributed by atoms with E-state index in [1.165, 1.54) is 18.2 Å². The van der Waals surface area contributed by atoms with Crippen LogP contribution >= 0.6 is 13.7 Å². The molecule has 0 saturated heterocycles. The van der Waals surface area contributed by atoms with Crippen LogP contribution in [-0.4, -0.2) is 72.2 Å². The molecule has 1 rings (SSSR count). The standard InChI is InChI=1S/C44H84O7P2S/c1-13-21-29-52(30-22-14-2,31-23-15-3,43(9,10)27-19-7)50-41(45)38-35-39(37-40(36-38)54(47,48)49)42(46)51-53(32-24-16-4,33-25-17-5,34-26-18-6)44(11,12)28-20-8/h35-37H,13-34H2,1-12H3,(H,47,48,49). The van der Waals surface area contributed by atoms with Gasteiger partial charge >= 0.3 is 335 Å². The van der Waals surface area contributed by atoms with Gasteiger partial charge in [-0.05, 0) is 0 Å². The Morgan fingerprint density at radius 2 is 0.778 bits per heavy atom. The van der Waals surface area contributed by atoms with Gasteiger partial charge in [-0.25, -0.2) is 0 Å². The number of benzene rings is 1. The Hall–Kier alpha value is -1.07. The van der Waals surface area contributed by atoms with Gasteiger partial charge in [0, 0.05) is 0 Å². The van der Waals surface area contributed by atoms with Crippen molar-refractivity contribution in [3.8, 4) is 0 Å². The molecule has 1 aromatic rings. The third kappa shape index (κ3) is 11.5. The molecule has 0 aliphatic carbocycles. The Bertz CT molecular complexity index is 1300. The molecule has 0 amide bonds. The van der Waals surface area contributed by atoms with Crippen LogP contribution in [0.25, 0.3) is 0 Å². The Morgan fingerprint density at radius 3 is 0.981 bits per heavy atom. The van der Waals surface area contributed by atoms with Crippen LogP contribution in [-0.2, 0) is 19.2 Å². The SMILES string of the molecule is CCCCP(CCCC)(CCCC)(OC(=O)c1cc(C(=O)OP(CCCC)(CCCC)(CCCC)C(C)(C)CCC)cc(S(=O)(=O)O)c1)C(C)(C)CCC. The van der Waals surface area contributed by atoms with Crippen LogP contribution in [0.3, 0.4) is 0 Å². The first-order valence-corrected chi connectivity index (χ1v) is 28.7.